The minimum absolute atomic E-state index is 0.144. The van der Waals surface area contributed by atoms with Gasteiger partial charge in [0, 0.05) is 30.1 Å². The molecule has 0 saturated heterocycles. The van der Waals surface area contributed by atoms with E-state index in [1.165, 1.54) is 0 Å². The molecule has 2 aromatic carbocycles. The van der Waals surface area contributed by atoms with Crippen LogP contribution in [-0.4, -0.2) is 38.7 Å². The Morgan fingerprint density at radius 2 is 1.89 bits per heavy atom. The molecule has 5 heteroatoms. The van der Waals surface area contributed by atoms with E-state index >= 15 is 0 Å². The Kier molecular flexibility index (Phi) is 5.24. The molecule has 1 heterocycles. The third kappa shape index (κ3) is 3.30. The van der Waals surface area contributed by atoms with Gasteiger partial charge in [-0.2, -0.15) is 0 Å². The highest BCUT2D eigenvalue weighted by Crippen LogP contribution is 2.32. The summed E-state index contributed by atoms with van der Waals surface area (Å²) in [6.45, 7) is 5.90. The molecule has 1 atom stereocenters. The fraction of sp³-hybridized carbons (Fsp3) is 0.318. The van der Waals surface area contributed by atoms with Crippen LogP contribution >= 0.6 is 0 Å². The standard InChI is InChI=1S/C22H26N2O3/c1-14-9-10-19-18(13-14)15(2)21(23(19)4)22(27)24(11-12-25)16(3)17-7-5-6-8-20(17)26/h5-10,13,16,25-26H,11-12H2,1-4H3/t16-/m1/s1. The van der Waals surface area contributed by atoms with Crippen LogP contribution < -0.4 is 0 Å². The maximum Gasteiger partial charge on any atom is 0.271 e. The Morgan fingerprint density at radius 3 is 2.56 bits per heavy atom. The average molecular weight is 366 g/mol. The van der Waals surface area contributed by atoms with Crippen molar-refractivity contribution in [2.24, 2.45) is 7.05 Å². The van der Waals surface area contributed by atoms with Crippen LogP contribution in [0.3, 0.4) is 0 Å². The van der Waals surface area contributed by atoms with Crippen molar-refractivity contribution in [2.45, 2.75) is 26.8 Å². The van der Waals surface area contributed by atoms with E-state index in [1.54, 1.807) is 23.1 Å². The Labute approximate surface area is 159 Å². The highest BCUT2D eigenvalue weighted by molar-refractivity contribution is 6.02. The van der Waals surface area contributed by atoms with Gasteiger partial charge in [0.1, 0.15) is 11.4 Å². The smallest absolute Gasteiger partial charge is 0.271 e. The molecule has 0 unspecified atom stereocenters. The monoisotopic (exact) mass is 366 g/mol. The van der Waals surface area contributed by atoms with Gasteiger partial charge in [-0.1, -0.05) is 29.8 Å². The van der Waals surface area contributed by atoms with Crippen LogP contribution in [0.4, 0.5) is 0 Å². The van der Waals surface area contributed by atoms with Crippen molar-refractivity contribution < 1.29 is 15.0 Å². The van der Waals surface area contributed by atoms with Crippen molar-refractivity contribution in [1.29, 1.82) is 0 Å². The van der Waals surface area contributed by atoms with E-state index in [-0.39, 0.29) is 30.9 Å². The fourth-order valence-corrected chi connectivity index (χ4v) is 3.77. The molecule has 0 aliphatic heterocycles. The zero-order valence-corrected chi connectivity index (χ0v) is 16.2. The van der Waals surface area contributed by atoms with E-state index in [0.717, 1.165) is 22.0 Å². The molecule has 0 bridgehead atoms. The van der Waals surface area contributed by atoms with Crippen molar-refractivity contribution in [3.63, 3.8) is 0 Å². The van der Waals surface area contributed by atoms with Crippen molar-refractivity contribution >= 4 is 16.8 Å². The number of carbonyl (C=O) groups is 1. The number of nitrogens with zero attached hydrogens (tertiary/aromatic N) is 2. The van der Waals surface area contributed by atoms with Crippen molar-refractivity contribution in [2.75, 3.05) is 13.2 Å². The molecule has 3 rings (SSSR count). The summed E-state index contributed by atoms with van der Waals surface area (Å²) < 4.78 is 1.91. The third-order valence-electron chi connectivity index (χ3n) is 5.27. The molecule has 0 aliphatic rings. The molecule has 27 heavy (non-hydrogen) atoms. The molecule has 142 valence electrons. The van der Waals surface area contributed by atoms with E-state index in [9.17, 15) is 15.0 Å². The number of phenolic OH excluding ortho intramolecular Hbond substituents is 1. The van der Waals surface area contributed by atoms with Crippen molar-refractivity contribution in [3.05, 3.63) is 64.8 Å². The lowest BCUT2D eigenvalue weighted by atomic mass is 10.0. The van der Waals surface area contributed by atoms with Gasteiger partial charge in [-0.05, 0) is 44.5 Å². The summed E-state index contributed by atoms with van der Waals surface area (Å²) in [6.07, 6.45) is 0. The summed E-state index contributed by atoms with van der Waals surface area (Å²) in [5.74, 6) is -0.0150. The summed E-state index contributed by atoms with van der Waals surface area (Å²) in [6, 6.07) is 12.8. The van der Waals surface area contributed by atoms with Crippen LogP contribution in [0.15, 0.2) is 42.5 Å². The molecule has 0 saturated carbocycles. The summed E-state index contributed by atoms with van der Waals surface area (Å²) in [7, 11) is 1.89. The molecule has 1 amide bonds. The first-order valence-electron chi connectivity index (χ1n) is 9.12. The minimum atomic E-state index is -0.370. The fourth-order valence-electron chi connectivity index (χ4n) is 3.77. The van der Waals surface area contributed by atoms with Gasteiger partial charge in [0.15, 0.2) is 0 Å². The van der Waals surface area contributed by atoms with Crippen LogP contribution in [0.2, 0.25) is 0 Å². The van der Waals surface area contributed by atoms with Gasteiger partial charge < -0.3 is 19.7 Å². The van der Waals surface area contributed by atoms with E-state index in [1.807, 2.05) is 50.6 Å². The minimum Gasteiger partial charge on any atom is -0.508 e. The second-order valence-corrected chi connectivity index (χ2v) is 7.01. The maximum atomic E-state index is 13.5. The number of amides is 1. The number of benzene rings is 2. The molecule has 0 radical (unpaired) electrons. The number of phenols is 1. The Morgan fingerprint density at radius 1 is 1.19 bits per heavy atom. The number of fused-ring (bicyclic) bond motifs is 1. The van der Waals surface area contributed by atoms with Gasteiger partial charge in [0.25, 0.3) is 5.91 Å². The molecular formula is C22H26N2O3. The van der Waals surface area contributed by atoms with E-state index in [4.69, 9.17) is 0 Å². The number of carbonyl (C=O) groups excluding carboxylic acids is 1. The largest absolute Gasteiger partial charge is 0.508 e. The number of rotatable bonds is 5. The quantitative estimate of drug-likeness (QED) is 0.724. The molecule has 0 fully saturated rings. The highest BCUT2D eigenvalue weighted by Gasteiger charge is 2.28. The van der Waals surface area contributed by atoms with Crippen LogP contribution in [0.1, 0.15) is 40.1 Å². The van der Waals surface area contributed by atoms with E-state index < -0.39 is 0 Å². The SMILES string of the molecule is Cc1ccc2c(c1)c(C)c(C(=O)N(CCO)[C@H](C)c1ccccc1O)n2C. The predicted molar refractivity (Wildman–Crippen MR) is 107 cm³/mol. The van der Waals surface area contributed by atoms with Gasteiger partial charge in [-0.3, -0.25) is 4.79 Å². The Balaban J connectivity index is 2.08. The van der Waals surface area contributed by atoms with E-state index in [0.29, 0.717) is 11.3 Å². The zero-order valence-electron chi connectivity index (χ0n) is 16.2. The first kappa shape index (κ1) is 19.0. The second kappa shape index (κ2) is 7.45. The van der Waals surface area contributed by atoms with Crippen LogP contribution in [0.25, 0.3) is 10.9 Å². The lowest BCUT2D eigenvalue weighted by Gasteiger charge is -2.30. The molecule has 1 aromatic heterocycles. The van der Waals surface area contributed by atoms with Gasteiger partial charge >= 0.3 is 0 Å². The Bertz CT molecular complexity index is 991. The number of para-hydroxylation sites is 1. The zero-order chi connectivity index (χ0) is 19.7. The lowest BCUT2D eigenvalue weighted by molar-refractivity contribution is 0.0636. The van der Waals surface area contributed by atoms with Gasteiger partial charge in [0.2, 0.25) is 0 Å². The number of aliphatic hydroxyl groups is 1. The summed E-state index contributed by atoms with van der Waals surface area (Å²) in [5.41, 5.74) is 4.33. The van der Waals surface area contributed by atoms with Crippen molar-refractivity contribution in [3.8, 4) is 5.75 Å². The predicted octanol–water partition coefficient (Wildman–Crippen LogP) is 3.70. The maximum absolute atomic E-state index is 13.5. The molecular weight excluding hydrogens is 340 g/mol. The number of aromatic nitrogens is 1. The van der Waals surface area contributed by atoms with Crippen LogP contribution in [0, 0.1) is 13.8 Å². The third-order valence-corrected chi connectivity index (χ3v) is 5.27. The molecule has 2 N–H and O–H groups in total. The second-order valence-electron chi connectivity index (χ2n) is 7.01. The molecule has 0 spiro atoms. The van der Waals surface area contributed by atoms with Gasteiger partial charge in [-0.15, -0.1) is 0 Å². The Hall–Kier alpha value is -2.79. The number of hydrogen-bond acceptors (Lipinski definition) is 3. The number of aryl methyl sites for hydroxylation is 3. The molecule has 5 nitrogen and oxygen atoms in total. The molecule has 0 aliphatic carbocycles. The average Bonchev–Trinajstić information content (AvgIpc) is 2.89. The first-order valence-corrected chi connectivity index (χ1v) is 9.12. The number of aliphatic hydroxyl groups excluding tert-OH is 1. The van der Waals surface area contributed by atoms with E-state index in [2.05, 4.69) is 6.07 Å². The normalized spacial score (nSPS) is 12.3. The summed E-state index contributed by atoms with van der Waals surface area (Å²) >= 11 is 0. The lowest BCUT2D eigenvalue weighted by Crippen LogP contribution is -2.37. The summed E-state index contributed by atoms with van der Waals surface area (Å²) in [5, 5.41) is 20.8. The first-order chi connectivity index (χ1) is 12.9. The number of hydrogen-bond donors (Lipinski definition) is 2. The van der Waals surface area contributed by atoms with Crippen molar-refractivity contribution in [1.82, 2.24) is 9.47 Å². The van der Waals surface area contributed by atoms with Crippen LogP contribution in [0.5, 0.6) is 5.75 Å². The van der Waals surface area contributed by atoms with Crippen LogP contribution in [-0.2, 0) is 7.05 Å². The highest BCUT2D eigenvalue weighted by atomic mass is 16.3. The molecule has 3 aromatic rings. The number of aromatic hydroxyl groups is 1. The summed E-state index contributed by atoms with van der Waals surface area (Å²) in [4.78, 5) is 15.1. The topological polar surface area (TPSA) is 65.7 Å². The van der Waals surface area contributed by atoms with Gasteiger partial charge in [-0.25, -0.2) is 0 Å². The van der Waals surface area contributed by atoms with Gasteiger partial charge in [0.05, 0.1) is 12.6 Å².